The van der Waals surface area contributed by atoms with Gasteiger partial charge in [-0.2, -0.15) is 0 Å². The fraction of sp³-hybridized carbons (Fsp3) is 0.278. The molecule has 0 unspecified atom stereocenters. The molecule has 46 heavy (non-hydrogen) atoms. The molecular formula is C36H38N6O4. The second-order valence-corrected chi connectivity index (χ2v) is 11.7. The van der Waals surface area contributed by atoms with Crippen molar-refractivity contribution in [1.29, 1.82) is 10.8 Å². The van der Waals surface area contributed by atoms with Crippen LogP contribution >= 0.6 is 0 Å². The number of methoxy groups -OCH3 is 1. The van der Waals surface area contributed by atoms with Crippen LogP contribution < -0.4 is 15.2 Å². The van der Waals surface area contributed by atoms with Crippen LogP contribution in [0.4, 0.5) is 0 Å². The van der Waals surface area contributed by atoms with Crippen molar-refractivity contribution < 1.29 is 19.0 Å². The second kappa shape index (κ2) is 12.5. The molecule has 236 valence electrons. The van der Waals surface area contributed by atoms with Gasteiger partial charge in [0.25, 0.3) is 0 Å². The van der Waals surface area contributed by atoms with E-state index in [1.165, 1.54) is 7.11 Å². The maximum atomic E-state index is 12.1. The molecule has 0 spiro atoms. The number of fused-ring (bicyclic) bond motifs is 2. The fourth-order valence-corrected chi connectivity index (χ4v) is 6.27. The number of esters is 1. The Bertz CT molecular complexity index is 1990. The van der Waals surface area contributed by atoms with Crippen LogP contribution in [0.2, 0.25) is 0 Å². The first-order chi connectivity index (χ1) is 22.2. The van der Waals surface area contributed by atoms with Crippen molar-refractivity contribution in [2.24, 2.45) is 5.73 Å². The quantitative estimate of drug-likeness (QED) is 0.106. The monoisotopic (exact) mass is 618 g/mol. The number of nitrogens with zero attached hydrogens (tertiary/aromatic N) is 3. The molecule has 6 rings (SSSR count). The Morgan fingerprint density at radius 1 is 1.00 bits per heavy atom. The molecule has 0 saturated carbocycles. The Labute approximate surface area is 267 Å². The predicted octanol–water partition coefficient (Wildman–Crippen LogP) is 6.29. The minimum absolute atomic E-state index is 0.0182. The zero-order chi connectivity index (χ0) is 32.5. The maximum absolute atomic E-state index is 12.1. The summed E-state index contributed by atoms with van der Waals surface area (Å²) >= 11 is 0. The molecule has 4 N–H and O–H groups in total. The minimum Gasteiger partial charge on any atom is -0.486 e. The predicted molar refractivity (Wildman–Crippen MR) is 180 cm³/mol. The molecule has 10 heteroatoms. The number of carbonyl (C=O) groups excluding carboxylic acids is 1. The maximum Gasteiger partial charge on any atom is 0.337 e. The number of aryl methyl sites for hydroxylation is 2. The number of benzene rings is 4. The third-order valence-electron chi connectivity index (χ3n) is 8.64. The Morgan fingerprint density at radius 3 is 2.43 bits per heavy atom. The van der Waals surface area contributed by atoms with Crippen LogP contribution in [0.3, 0.4) is 0 Å². The third-order valence-corrected chi connectivity index (χ3v) is 8.64. The number of nitrogens with two attached hydrogens (primary N) is 1. The average molecular weight is 619 g/mol. The Hall–Kier alpha value is -5.38. The van der Waals surface area contributed by atoms with E-state index in [-0.39, 0.29) is 18.5 Å². The van der Waals surface area contributed by atoms with Gasteiger partial charge in [-0.05, 0) is 56.0 Å². The highest BCUT2D eigenvalue weighted by atomic mass is 16.5. The highest BCUT2D eigenvalue weighted by molar-refractivity contribution is 6.10. The Balaban J connectivity index is 1.45. The van der Waals surface area contributed by atoms with Crippen molar-refractivity contribution in [1.82, 2.24) is 14.5 Å². The summed E-state index contributed by atoms with van der Waals surface area (Å²) in [6.07, 6.45) is 1.51. The lowest BCUT2D eigenvalue weighted by Gasteiger charge is -2.33. The lowest BCUT2D eigenvalue weighted by molar-refractivity contribution is 0.0600. The van der Waals surface area contributed by atoms with E-state index in [2.05, 4.69) is 9.47 Å². The van der Waals surface area contributed by atoms with Crippen LogP contribution in [0.25, 0.3) is 27.5 Å². The van der Waals surface area contributed by atoms with E-state index in [1.54, 1.807) is 12.1 Å². The molecule has 2 heterocycles. The summed E-state index contributed by atoms with van der Waals surface area (Å²) in [6, 6.07) is 21.0. The number of carbonyl (C=O) groups is 1. The number of rotatable bonds is 8. The van der Waals surface area contributed by atoms with Crippen LogP contribution in [-0.4, -0.2) is 58.4 Å². The van der Waals surface area contributed by atoms with E-state index in [9.17, 15) is 4.79 Å². The van der Waals surface area contributed by atoms with Crippen molar-refractivity contribution in [3.8, 4) is 17.2 Å². The molecule has 1 aliphatic rings. The number of aromatic nitrogens is 2. The van der Waals surface area contributed by atoms with Crippen LogP contribution in [-0.2, 0) is 11.3 Å². The van der Waals surface area contributed by atoms with Gasteiger partial charge in [0, 0.05) is 48.5 Å². The van der Waals surface area contributed by atoms with Gasteiger partial charge in [0.2, 0.25) is 0 Å². The van der Waals surface area contributed by atoms with E-state index in [0.717, 1.165) is 70.4 Å². The van der Waals surface area contributed by atoms with Crippen molar-refractivity contribution >= 4 is 39.4 Å². The van der Waals surface area contributed by atoms with E-state index < -0.39 is 5.97 Å². The zero-order valence-corrected chi connectivity index (χ0v) is 26.5. The topological polar surface area (TPSA) is 140 Å². The van der Waals surface area contributed by atoms with Gasteiger partial charge in [0.15, 0.2) is 11.5 Å². The number of piperidine rings is 1. The van der Waals surface area contributed by atoms with Gasteiger partial charge in [-0.1, -0.05) is 36.4 Å². The van der Waals surface area contributed by atoms with Crippen molar-refractivity contribution in [3.63, 3.8) is 0 Å². The van der Waals surface area contributed by atoms with Crippen molar-refractivity contribution in [2.45, 2.75) is 46.3 Å². The molecular weight excluding hydrogens is 580 g/mol. The summed E-state index contributed by atoms with van der Waals surface area (Å²) in [5.41, 5.74) is 11.3. The van der Waals surface area contributed by atoms with Gasteiger partial charge in [0.1, 0.15) is 24.4 Å². The first-order valence-electron chi connectivity index (χ1n) is 15.3. The number of ether oxygens (including phenoxy) is 3. The molecule has 0 radical (unpaired) electrons. The number of hydrogen-bond acceptors (Lipinski definition) is 7. The average Bonchev–Trinajstić information content (AvgIpc) is 3.39. The largest absolute Gasteiger partial charge is 0.486 e. The first-order valence-corrected chi connectivity index (χ1v) is 15.3. The standard InChI is InChI=1S/C36H38N6O4/c1-21-33-31(42(23(3)40-33)30-13-12-29(35(38)39)27-10-5-6-11-28(27)30)19-32(46-26-14-16-41(17-15-26)22(2)37)34(21)45-20-24-8-7-9-25(18-24)36(43)44-4/h5-13,18-19,26,37H,14-17,20H2,1-4H3,(H3,38,39). The van der Waals surface area contributed by atoms with Crippen LogP contribution in [0.15, 0.2) is 66.7 Å². The Kier molecular flexibility index (Phi) is 8.36. The fourth-order valence-electron chi connectivity index (χ4n) is 6.27. The summed E-state index contributed by atoms with van der Waals surface area (Å²) in [6.45, 7) is 7.50. The number of imidazole rings is 1. The molecule has 5 aromatic rings. The summed E-state index contributed by atoms with van der Waals surface area (Å²) in [5.74, 6) is 2.19. The van der Waals surface area contributed by atoms with Crippen LogP contribution in [0, 0.1) is 24.7 Å². The van der Waals surface area contributed by atoms with Crippen molar-refractivity contribution in [3.05, 3.63) is 94.8 Å². The molecule has 10 nitrogen and oxygen atoms in total. The van der Waals surface area contributed by atoms with Crippen molar-refractivity contribution in [2.75, 3.05) is 20.2 Å². The van der Waals surface area contributed by atoms with E-state index >= 15 is 0 Å². The highest BCUT2D eigenvalue weighted by Gasteiger charge is 2.26. The number of likely N-dealkylation sites (tertiary alicyclic amines) is 1. The lowest BCUT2D eigenvalue weighted by Crippen LogP contribution is -2.40. The van der Waals surface area contributed by atoms with Gasteiger partial charge >= 0.3 is 5.97 Å². The van der Waals surface area contributed by atoms with Crippen LogP contribution in [0.5, 0.6) is 11.5 Å². The van der Waals surface area contributed by atoms with Gasteiger partial charge in [-0.3, -0.25) is 15.4 Å². The smallest absolute Gasteiger partial charge is 0.337 e. The molecule has 0 amide bonds. The van der Waals surface area contributed by atoms with Gasteiger partial charge in [-0.15, -0.1) is 0 Å². The Morgan fingerprint density at radius 2 is 1.74 bits per heavy atom. The first kappa shape index (κ1) is 30.6. The highest BCUT2D eigenvalue weighted by Crippen LogP contribution is 2.41. The number of amidine groups is 2. The molecule has 4 aromatic carbocycles. The lowest BCUT2D eigenvalue weighted by atomic mass is 10.0. The molecule has 1 aliphatic heterocycles. The molecule has 0 bridgehead atoms. The number of hydrogen-bond donors (Lipinski definition) is 3. The van der Waals surface area contributed by atoms with E-state index in [0.29, 0.717) is 28.5 Å². The van der Waals surface area contributed by atoms with Gasteiger partial charge < -0.3 is 24.8 Å². The molecule has 0 atom stereocenters. The van der Waals surface area contributed by atoms with Gasteiger partial charge in [-0.25, -0.2) is 9.78 Å². The summed E-state index contributed by atoms with van der Waals surface area (Å²) in [5, 5.41) is 18.0. The summed E-state index contributed by atoms with van der Waals surface area (Å²) < 4.78 is 20.2. The molecule has 1 fully saturated rings. The van der Waals surface area contributed by atoms with E-state index in [1.807, 2.05) is 75.4 Å². The van der Waals surface area contributed by atoms with Gasteiger partial charge in [0.05, 0.1) is 35.2 Å². The molecule has 0 aliphatic carbocycles. The van der Waals surface area contributed by atoms with E-state index in [4.69, 9.17) is 35.7 Å². The van der Waals surface area contributed by atoms with Crippen LogP contribution in [0.1, 0.15) is 52.6 Å². The SMILES string of the molecule is COC(=O)c1cccc(COc2c(OC3CCN(C(C)=N)CC3)cc3c(nc(C)n3-c3ccc(C(=N)N)c4ccccc34)c2C)c1. The molecule has 1 saturated heterocycles. The second-order valence-electron chi connectivity index (χ2n) is 11.7. The normalized spacial score (nSPS) is 13.6. The summed E-state index contributed by atoms with van der Waals surface area (Å²) in [7, 11) is 1.36. The zero-order valence-electron chi connectivity index (χ0n) is 26.5. The summed E-state index contributed by atoms with van der Waals surface area (Å²) in [4.78, 5) is 19.2. The number of nitrogen functional groups attached to an aromatic ring is 1. The third kappa shape index (κ3) is 5.74. The minimum atomic E-state index is -0.403. The molecule has 1 aromatic heterocycles. The number of nitrogens with one attached hydrogen (secondary N) is 2.